The fraction of sp³-hybridized carbons (Fsp3) is 0.714. The van der Waals surface area contributed by atoms with Gasteiger partial charge in [-0.1, -0.05) is 25.7 Å². The minimum Gasteiger partial charge on any atom is -0.354 e. The van der Waals surface area contributed by atoms with E-state index in [1.54, 1.807) is 0 Å². The zero-order chi connectivity index (χ0) is 13.5. The Morgan fingerprint density at radius 2 is 1.95 bits per heavy atom. The van der Waals surface area contributed by atoms with Crippen molar-refractivity contribution in [1.82, 2.24) is 9.78 Å². The summed E-state index contributed by atoms with van der Waals surface area (Å²) < 4.78 is 1.96. The Balaban J connectivity index is 2.00. The molecule has 5 nitrogen and oxygen atoms in total. The molecule has 19 heavy (non-hydrogen) atoms. The maximum absolute atomic E-state index is 12.5. The van der Waals surface area contributed by atoms with Gasteiger partial charge in [-0.05, 0) is 26.7 Å². The van der Waals surface area contributed by atoms with Gasteiger partial charge in [-0.3, -0.25) is 4.79 Å². The number of rotatable bonds is 1. The normalized spacial score (nSPS) is 21.5. The molecule has 0 saturated heterocycles. The van der Waals surface area contributed by atoms with Gasteiger partial charge >= 0.3 is 0 Å². The number of aryl methyl sites for hydroxylation is 2. The molecule has 1 aliphatic heterocycles. The average Bonchev–Trinajstić information content (AvgIpc) is 2.59. The predicted octanol–water partition coefficient (Wildman–Crippen LogP) is 2.67. The summed E-state index contributed by atoms with van der Waals surface area (Å²) in [6.07, 6.45) is 6.55. The Morgan fingerprint density at radius 1 is 1.26 bits per heavy atom. The van der Waals surface area contributed by atoms with Crippen LogP contribution < -0.4 is 10.6 Å². The number of amides is 1. The largest absolute Gasteiger partial charge is 0.354 e. The maximum atomic E-state index is 12.5. The van der Waals surface area contributed by atoms with Crippen LogP contribution >= 0.6 is 0 Å². The van der Waals surface area contributed by atoms with Crippen molar-refractivity contribution in [2.24, 2.45) is 0 Å². The molecule has 1 amide bonds. The van der Waals surface area contributed by atoms with E-state index in [1.807, 2.05) is 11.6 Å². The predicted molar refractivity (Wildman–Crippen MR) is 75.3 cm³/mol. The Hall–Kier alpha value is -1.52. The number of nitrogens with one attached hydrogen (secondary N) is 2. The van der Waals surface area contributed by atoms with Crippen LogP contribution in [0.15, 0.2) is 0 Å². The first kappa shape index (κ1) is 12.5. The molecule has 0 aromatic carbocycles. The summed E-state index contributed by atoms with van der Waals surface area (Å²) in [5.41, 5.74) is 1.34. The van der Waals surface area contributed by atoms with E-state index in [-0.39, 0.29) is 5.91 Å². The van der Waals surface area contributed by atoms with Gasteiger partial charge in [0.2, 0.25) is 5.91 Å². The lowest BCUT2D eigenvalue weighted by molar-refractivity contribution is -0.121. The van der Waals surface area contributed by atoms with Crippen LogP contribution in [0.1, 0.15) is 51.1 Å². The van der Waals surface area contributed by atoms with E-state index in [0.29, 0.717) is 0 Å². The van der Waals surface area contributed by atoms with Gasteiger partial charge in [0.05, 0.1) is 5.69 Å². The topological polar surface area (TPSA) is 59.0 Å². The SMILES string of the molecule is CCn1nc(C)c2c1NC1(CCCCCC1)C(=O)N2. The third-order valence-corrected chi connectivity index (χ3v) is 4.41. The molecule has 1 spiro atoms. The first-order valence-corrected chi connectivity index (χ1v) is 7.33. The highest BCUT2D eigenvalue weighted by atomic mass is 16.2. The summed E-state index contributed by atoms with van der Waals surface area (Å²) in [7, 11) is 0. The second-order valence-electron chi connectivity index (χ2n) is 5.70. The molecule has 1 fully saturated rings. The first-order valence-electron chi connectivity index (χ1n) is 7.33. The molecule has 1 aromatic heterocycles. The Kier molecular flexibility index (Phi) is 2.99. The summed E-state index contributed by atoms with van der Waals surface area (Å²) in [6.45, 7) is 4.83. The molecular formula is C14H22N4O. The third-order valence-electron chi connectivity index (χ3n) is 4.41. The number of anilines is 2. The maximum Gasteiger partial charge on any atom is 0.250 e. The molecule has 0 unspecified atom stereocenters. The fourth-order valence-corrected chi connectivity index (χ4v) is 3.29. The lowest BCUT2D eigenvalue weighted by atomic mass is 9.87. The van der Waals surface area contributed by atoms with Crippen molar-refractivity contribution in [1.29, 1.82) is 0 Å². The van der Waals surface area contributed by atoms with Crippen molar-refractivity contribution in [2.75, 3.05) is 10.6 Å². The Morgan fingerprint density at radius 3 is 2.58 bits per heavy atom. The zero-order valence-corrected chi connectivity index (χ0v) is 11.8. The molecule has 104 valence electrons. The highest BCUT2D eigenvalue weighted by molar-refractivity contribution is 6.06. The van der Waals surface area contributed by atoms with Crippen molar-refractivity contribution in [3.63, 3.8) is 0 Å². The molecule has 0 atom stereocenters. The third kappa shape index (κ3) is 1.91. The van der Waals surface area contributed by atoms with Crippen molar-refractivity contribution >= 4 is 17.4 Å². The summed E-state index contributed by atoms with van der Waals surface area (Å²) in [5, 5.41) is 11.1. The second-order valence-corrected chi connectivity index (χ2v) is 5.70. The van der Waals surface area contributed by atoms with Crippen LogP contribution in [-0.4, -0.2) is 21.2 Å². The lowest BCUT2D eigenvalue weighted by Crippen LogP contribution is -2.52. The van der Waals surface area contributed by atoms with Gasteiger partial charge in [0.1, 0.15) is 17.0 Å². The molecule has 5 heteroatoms. The number of fused-ring (bicyclic) bond motifs is 1. The standard InChI is InChI=1S/C14H22N4O/c1-3-18-12-11(10(2)17-18)15-13(19)14(16-12)8-6-4-5-7-9-14/h16H,3-9H2,1-2H3,(H,15,19). The highest BCUT2D eigenvalue weighted by Gasteiger charge is 2.43. The molecule has 0 bridgehead atoms. The van der Waals surface area contributed by atoms with E-state index < -0.39 is 5.54 Å². The molecule has 2 N–H and O–H groups in total. The van der Waals surface area contributed by atoms with E-state index in [1.165, 1.54) is 12.8 Å². The summed E-state index contributed by atoms with van der Waals surface area (Å²) in [4.78, 5) is 12.5. The molecular weight excluding hydrogens is 240 g/mol. The van der Waals surface area contributed by atoms with Crippen LogP contribution in [0.2, 0.25) is 0 Å². The smallest absolute Gasteiger partial charge is 0.250 e. The molecule has 0 radical (unpaired) electrons. The van der Waals surface area contributed by atoms with E-state index in [0.717, 1.165) is 49.4 Å². The minimum atomic E-state index is -0.414. The van der Waals surface area contributed by atoms with E-state index in [9.17, 15) is 4.79 Å². The van der Waals surface area contributed by atoms with Gasteiger partial charge in [0, 0.05) is 6.54 Å². The Labute approximate surface area is 113 Å². The van der Waals surface area contributed by atoms with Gasteiger partial charge in [-0.15, -0.1) is 0 Å². The van der Waals surface area contributed by atoms with Crippen LogP contribution in [-0.2, 0) is 11.3 Å². The molecule has 1 aromatic rings. The van der Waals surface area contributed by atoms with Crippen molar-refractivity contribution in [3.8, 4) is 0 Å². The van der Waals surface area contributed by atoms with Crippen LogP contribution in [0.3, 0.4) is 0 Å². The quantitative estimate of drug-likeness (QED) is 0.818. The van der Waals surface area contributed by atoms with Crippen molar-refractivity contribution in [3.05, 3.63) is 5.69 Å². The summed E-state index contributed by atoms with van der Waals surface area (Å²) in [5.74, 6) is 1.11. The molecule has 2 heterocycles. The summed E-state index contributed by atoms with van der Waals surface area (Å²) >= 11 is 0. The van der Waals surface area contributed by atoms with Gasteiger partial charge in [0.25, 0.3) is 0 Å². The zero-order valence-electron chi connectivity index (χ0n) is 11.8. The van der Waals surface area contributed by atoms with Gasteiger partial charge < -0.3 is 10.6 Å². The van der Waals surface area contributed by atoms with Crippen LogP contribution in [0, 0.1) is 6.92 Å². The molecule has 1 saturated carbocycles. The van der Waals surface area contributed by atoms with E-state index in [2.05, 4.69) is 22.7 Å². The first-order chi connectivity index (χ1) is 9.16. The number of carbonyl (C=O) groups is 1. The monoisotopic (exact) mass is 262 g/mol. The molecule has 3 rings (SSSR count). The van der Waals surface area contributed by atoms with Crippen LogP contribution in [0.5, 0.6) is 0 Å². The minimum absolute atomic E-state index is 0.126. The number of aromatic nitrogens is 2. The number of hydrogen-bond donors (Lipinski definition) is 2. The van der Waals surface area contributed by atoms with Crippen LogP contribution in [0.25, 0.3) is 0 Å². The average molecular weight is 262 g/mol. The van der Waals surface area contributed by atoms with Gasteiger partial charge in [0.15, 0.2) is 0 Å². The van der Waals surface area contributed by atoms with Crippen molar-refractivity contribution in [2.45, 2.75) is 64.5 Å². The van der Waals surface area contributed by atoms with Gasteiger partial charge in [-0.25, -0.2) is 4.68 Å². The Bertz CT molecular complexity index is 498. The second kappa shape index (κ2) is 4.54. The number of hydrogen-bond acceptors (Lipinski definition) is 3. The van der Waals surface area contributed by atoms with E-state index >= 15 is 0 Å². The molecule has 2 aliphatic rings. The highest BCUT2D eigenvalue weighted by Crippen LogP contribution is 2.39. The van der Waals surface area contributed by atoms with Crippen molar-refractivity contribution < 1.29 is 4.79 Å². The van der Waals surface area contributed by atoms with Gasteiger partial charge in [-0.2, -0.15) is 5.10 Å². The molecule has 1 aliphatic carbocycles. The number of carbonyl (C=O) groups excluding carboxylic acids is 1. The lowest BCUT2D eigenvalue weighted by Gasteiger charge is -2.37. The van der Waals surface area contributed by atoms with E-state index in [4.69, 9.17) is 0 Å². The summed E-state index contributed by atoms with van der Waals surface area (Å²) in [6, 6.07) is 0. The fourth-order valence-electron chi connectivity index (χ4n) is 3.29. The van der Waals surface area contributed by atoms with Crippen LogP contribution in [0.4, 0.5) is 11.5 Å². The number of nitrogens with zero attached hydrogens (tertiary/aromatic N) is 2.